The molecule has 4 heteroatoms. The Morgan fingerprint density at radius 1 is 1.08 bits per heavy atom. The topological polar surface area (TPSA) is 38.3 Å². The van der Waals surface area contributed by atoms with E-state index in [0.717, 1.165) is 34.3 Å². The lowest BCUT2D eigenvalue weighted by Gasteiger charge is -2.11. The summed E-state index contributed by atoms with van der Waals surface area (Å²) in [6, 6.07) is 10.2. The number of ether oxygens (including phenoxy) is 1. The van der Waals surface area contributed by atoms with Gasteiger partial charge in [-0.3, -0.25) is 4.79 Å². The van der Waals surface area contributed by atoms with Gasteiger partial charge < -0.3 is 10.1 Å². The maximum atomic E-state index is 12.2. The average Bonchev–Trinajstić information content (AvgIpc) is 2.53. The molecule has 0 spiro atoms. The Kier molecular flexibility index (Phi) is 6.44. The van der Waals surface area contributed by atoms with Gasteiger partial charge in [-0.1, -0.05) is 12.1 Å². The fraction of sp³-hybridized carbons (Fsp3) is 0.350. The Bertz CT molecular complexity index is 741. The SMILES string of the molecule is COc1ccc(CCCC(=O)Nc2cc(C)c(C)cc2Br)cc1C. The van der Waals surface area contributed by atoms with E-state index >= 15 is 0 Å². The van der Waals surface area contributed by atoms with Crippen LogP contribution in [-0.2, 0) is 11.2 Å². The van der Waals surface area contributed by atoms with Gasteiger partial charge in [0.15, 0.2) is 0 Å². The lowest BCUT2D eigenvalue weighted by Crippen LogP contribution is -2.12. The van der Waals surface area contributed by atoms with E-state index in [-0.39, 0.29) is 5.91 Å². The zero-order valence-corrected chi connectivity index (χ0v) is 16.3. The number of methoxy groups -OCH3 is 1. The molecule has 24 heavy (non-hydrogen) atoms. The van der Waals surface area contributed by atoms with Gasteiger partial charge in [0.2, 0.25) is 5.91 Å². The van der Waals surface area contributed by atoms with E-state index in [9.17, 15) is 4.79 Å². The van der Waals surface area contributed by atoms with Crippen LogP contribution in [0.15, 0.2) is 34.8 Å². The van der Waals surface area contributed by atoms with E-state index in [4.69, 9.17) is 4.74 Å². The van der Waals surface area contributed by atoms with Crippen molar-refractivity contribution in [2.24, 2.45) is 0 Å². The fourth-order valence-corrected chi connectivity index (χ4v) is 3.20. The van der Waals surface area contributed by atoms with E-state index < -0.39 is 0 Å². The second-order valence-electron chi connectivity index (χ2n) is 6.12. The molecule has 2 rings (SSSR count). The predicted molar refractivity (Wildman–Crippen MR) is 103 cm³/mol. The first-order valence-electron chi connectivity index (χ1n) is 8.11. The third-order valence-electron chi connectivity index (χ3n) is 4.19. The minimum atomic E-state index is 0.0455. The summed E-state index contributed by atoms with van der Waals surface area (Å²) in [5.41, 5.74) is 5.56. The number of carbonyl (C=O) groups excluding carboxylic acids is 1. The van der Waals surface area contributed by atoms with Gasteiger partial charge in [0.05, 0.1) is 12.8 Å². The molecule has 0 bridgehead atoms. The number of halogens is 1. The van der Waals surface area contributed by atoms with Gasteiger partial charge in [-0.05, 0) is 90.0 Å². The number of rotatable bonds is 6. The number of carbonyl (C=O) groups is 1. The van der Waals surface area contributed by atoms with E-state index in [0.29, 0.717) is 6.42 Å². The molecule has 0 radical (unpaired) electrons. The lowest BCUT2D eigenvalue weighted by atomic mass is 10.0. The van der Waals surface area contributed by atoms with E-state index in [1.54, 1.807) is 7.11 Å². The molecule has 0 aromatic heterocycles. The van der Waals surface area contributed by atoms with Crippen molar-refractivity contribution in [1.29, 1.82) is 0 Å². The summed E-state index contributed by atoms with van der Waals surface area (Å²) in [5.74, 6) is 0.945. The van der Waals surface area contributed by atoms with Gasteiger partial charge >= 0.3 is 0 Å². The largest absolute Gasteiger partial charge is 0.496 e. The molecule has 0 heterocycles. The van der Waals surface area contributed by atoms with Crippen molar-refractivity contribution in [2.75, 3.05) is 12.4 Å². The van der Waals surface area contributed by atoms with Crippen LogP contribution < -0.4 is 10.1 Å². The molecule has 0 aliphatic rings. The predicted octanol–water partition coefficient (Wildman–Crippen LogP) is 5.34. The first-order chi connectivity index (χ1) is 11.4. The van der Waals surface area contributed by atoms with Gasteiger partial charge in [-0.25, -0.2) is 0 Å². The molecule has 0 saturated heterocycles. The molecule has 0 saturated carbocycles. The van der Waals surface area contributed by atoms with Crippen molar-refractivity contribution < 1.29 is 9.53 Å². The summed E-state index contributed by atoms with van der Waals surface area (Å²) in [6.45, 7) is 6.14. The van der Waals surface area contributed by atoms with E-state index in [2.05, 4.69) is 40.3 Å². The summed E-state index contributed by atoms with van der Waals surface area (Å²) < 4.78 is 6.19. The fourth-order valence-electron chi connectivity index (χ4n) is 2.64. The van der Waals surface area contributed by atoms with E-state index in [1.165, 1.54) is 16.7 Å². The molecule has 0 aliphatic heterocycles. The molecule has 0 aliphatic carbocycles. The van der Waals surface area contributed by atoms with Crippen molar-refractivity contribution in [3.8, 4) is 5.75 Å². The Morgan fingerprint density at radius 2 is 1.79 bits per heavy atom. The molecule has 0 fully saturated rings. The number of hydrogen-bond donors (Lipinski definition) is 1. The van der Waals surface area contributed by atoms with Crippen LogP contribution in [-0.4, -0.2) is 13.0 Å². The van der Waals surface area contributed by atoms with Crippen LogP contribution >= 0.6 is 15.9 Å². The normalized spacial score (nSPS) is 10.5. The highest BCUT2D eigenvalue weighted by Crippen LogP contribution is 2.26. The monoisotopic (exact) mass is 389 g/mol. The zero-order valence-electron chi connectivity index (χ0n) is 14.7. The van der Waals surface area contributed by atoms with Gasteiger partial charge in [0.25, 0.3) is 0 Å². The molecule has 0 unspecified atom stereocenters. The second-order valence-corrected chi connectivity index (χ2v) is 6.98. The Hall–Kier alpha value is -1.81. The maximum Gasteiger partial charge on any atom is 0.224 e. The van der Waals surface area contributed by atoms with Crippen LogP contribution in [0.2, 0.25) is 0 Å². The standard InChI is InChI=1S/C20H24BrNO2/c1-13-11-17(21)18(12-14(13)2)22-20(23)7-5-6-16-8-9-19(24-4)15(3)10-16/h8-12H,5-7H2,1-4H3,(H,22,23). The summed E-state index contributed by atoms with van der Waals surface area (Å²) in [5, 5.41) is 2.99. The molecule has 0 atom stereocenters. The summed E-state index contributed by atoms with van der Waals surface area (Å²) in [4.78, 5) is 12.2. The molecular formula is C20H24BrNO2. The van der Waals surface area contributed by atoms with Crippen molar-refractivity contribution in [1.82, 2.24) is 0 Å². The number of amides is 1. The van der Waals surface area contributed by atoms with Gasteiger partial charge in [0.1, 0.15) is 5.75 Å². The van der Waals surface area contributed by atoms with Gasteiger partial charge in [-0.15, -0.1) is 0 Å². The van der Waals surface area contributed by atoms with Crippen molar-refractivity contribution in [3.05, 3.63) is 57.1 Å². The molecule has 1 N–H and O–H groups in total. The second kappa shape index (κ2) is 8.34. The third-order valence-corrected chi connectivity index (χ3v) is 4.84. The number of nitrogens with one attached hydrogen (secondary N) is 1. The van der Waals surface area contributed by atoms with Gasteiger partial charge in [0, 0.05) is 10.9 Å². The quantitative estimate of drug-likeness (QED) is 0.723. The van der Waals surface area contributed by atoms with Crippen LogP contribution in [0.25, 0.3) is 0 Å². The highest BCUT2D eigenvalue weighted by Gasteiger charge is 2.08. The molecule has 2 aromatic carbocycles. The number of benzene rings is 2. The number of anilines is 1. The Balaban J connectivity index is 1.88. The average molecular weight is 390 g/mol. The van der Waals surface area contributed by atoms with Crippen LogP contribution in [0.4, 0.5) is 5.69 Å². The summed E-state index contributed by atoms with van der Waals surface area (Å²) >= 11 is 3.51. The molecule has 3 nitrogen and oxygen atoms in total. The van der Waals surface area contributed by atoms with E-state index in [1.807, 2.05) is 32.0 Å². The molecular weight excluding hydrogens is 366 g/mol. The summed E-state index contributed by atoms with van der Waals surface area (Å²) in [7, 11) is 1.68. The highest BCUT2D eigenvalue weighted by molar-refractivity contribution is 9.10. The van der Waals surface area contributed by atoms with Gasteiger partial charge in [-0.2, -0.15) is 0 Å². The third kappa shape index (κ3) is 4.84. The first-order valence-corrected chi connectivity index (χ1v) is 8.90. The van der Waals surface area contributed by atoms with Crippen LogP contribution in [0.3, 0.4) is 0 Å². The van der Waals surface area contributed by atoms with Crippen molar-refractivity contribution in [3.63, 3.8) is 0 Å². The first kappa shape index (κ1) is 18.5. The Labute approximate surface area is 152 Å². The zero-order chi connectivity index (χ0) is 17.7. The molecule has 2 aromatic rings. The maximum absolute atomic E-state index is 12.2. The minimum Gasteiger partial charge on any atom is -0.496 e. The lowest BCUT2D eigenvalue weighted by molar-refractivity contribution is -0.116. The van der Waals surface area contributed by atoms with Crippen LogP contribution in [0, 0.1) is 20.8 Å². The summed E-state index contributed by atoms with van der Waals surface area (Å²) in [6.07, 6.45) is 2.21. The molecule has 128 valence electrons. The van der Waals surface area contributed by atoms with Crippen molar-refractivity contribution in [2.45, 2.75) is 40.0 Å². The smallest absolute Gasteiger partial charge is 0.224 e. The molecule has 1 amide bonds. The van der Waals surface area contributed by atoms with Crippen LogP contribution in [0.1, 0.15) is 35.1 Å². The van der Waals surface area contributed by atoms with Crippen molar-refractivity contribution >= 4 is 27.5 Å². The number of hydrogen-bond acceptors (Lipinski definition) is 2. The minimum absolute atomic E-state index is 0.0455. The Morgan fingerprint density at radius 3 is 2.46 bits per heavy atom. The highest BCUT2D eigenvalue weighted by atomic mass is 79.9. The van der Waals surface area contributed by atoms with Crippen LogP contribution in [0.5, 0.6) is 5.75 Å². The number of aryl methyl sites for hydroxylation is 4.